The van der Waals surface area contributed by atoms with Crippen LogP contribution in [0.2, 0.25) is 0 Å². The fourth-order valence-corrected chi connectivity index (χ4v) is 2.69. The van der Waals surface area contributed by atoms with Crippen LogP contribution in [0.1, 0.15) is 34.6 Å². The summed E-state index contributed by atoms with van der Waals surface area (Å²) in [5.74, 6) is -0.431. The first-order chi connectivity index (χ1) is 13.5. The Hall–Kier alpha value is -3.35. The van der Waals surface area contributed by atoms with Crippen LogP contribution in [0.5, 0.6) is 5.75 Å². The van der Waals surface area contributed by atoms with Crippen molar-refractivity contribution < 1.29 is 23.9 Å². The number of para-hydroxylation sites is 1. The van der Waals surface area contributed by atoms with E-state index >= 15 is 0 Å². The zero-order valence-corrected chi connectivity index (χ0v) is 16.2. The highest BCUT2D eigenvalue weighted by Crippen LogP contribution is 2.21. The summed E-state index contributed by atoms with van der Waals surface area (Å²) in [7, 11) is 1.53. The second kappa shape index (κ2) is 10.1. The maximum absolute atomic E-state index is 12.3. The SMILES string of the molecule is CCOC(=O)c1ccccc1N(CCNC(=O)c1cccc(OC)c1)C(C)=O. The molecule has 2 rings (SSSR count). The van der Waals surface area contributed by atoms with Crippen LogP contribution in [0.15, 0.2) is 48.5 Å². The van der Waals surface area contributed by atoms with Crippen LogP contribution in [0, 0.1) is 0 Å². The van der Waals surface area contributed by atoms with Crippen molar-refractivity contribution in [1.82, 2.24) is 5.32 Å². The Morgan fingerprint density at radius 2 is 1.82 bits per heavy atom. The zero-order chi connectivity index (χ0) is 20.5. The van der Waals surface area contributed by atoms with Gasteiger partial charge in [-0.3, -0.25) is 9.59 Å². The second-order valence-electron chi connectivity index (χ2n) is 5.90. The van der Waals surface area contributed by atoms with Crippen molar-refractivity contribution in [3.63, 3.8) is 0 Å². The molecule has 0 aromatic heterocycles. The average molecular weight is 384 g/mol. The lowest BCUT2D eigenvalue weighted by Crippen LogP contribution is -2.38. The lowest BCUT2D eigenvalue weighted by Gasteiger charge is -2.23. The van der Waals surface area contributed by atoms with E-state index in [0.717, 1.165) is 0 Å². The molecule has 2 aromatic carbocycles. The third kappa shape index (κ3) is 5.33. The third-order valence-electron chi connectivity index (χ3n) is 4.02. The Labute approximate surface area is 164 Å². The van der Waals surface area contributed by atoms with Crippen LogP contribution < -0.4 is 15.0 Å². The van der Waals surface area contributed by atoms with E-state index in [-0.39, 0.29) is 31.5 Å². The van der Waals surface area contributed by atoms with E-state index in [2.05, 4.69) is 5.32 Å². The van der Waals surface area contributed by atoms with Gasteiger partial charge in [-0.1, -0.05) is 18.2 Å². The van der Waals surface area contributed by atoms with E-state index in [4.69, 9.17) is 9.47 Å². The van der Waals surface area contributed by atoms with Crippen LogP contribution in [0.3, 0.4) is 0 Å². The number of carbonyl (C=O) groups excluding carboxylic acids is 3. The van der Waals surface area contributed by atoms with E-state index in [1.54, 1.807) is 55.5 Å². The lowest BCUT2D eigenvalue weighted by atomic mass is 10.1. The molecule has 0 saturated heterocycles. The normalized spacial score (nSPS) is 10.1. The molecule has 0 fully saturated rings. The number of methoxy groups -OCH3 is 1. The van der Waals surface area contributed by atoms with Crippen LogP contribution in [-0.2, 0) is 9.53 Å². The number of ether oxygens (including phenoxy) is 2. The van der Waals surface area contributed by atoms with E-state index in [9.17, 15) is 14.4 Å². The largest absolute Gasteiger partial charge is 0.497 e. The van der Waals surface area contributed by atoms with Crippen LogP contribution in [0.25, 0.3) is 0 Å². The molecule has 7 nitrogen and oxygen atoms in total. The summed E-state index contributed by atoms with van der Waals surface area (Å²) in [5.41, 5.74) is 1.21. The number of nitrogens with one attached hydrogen (secondary N) is 1. The summed E-state index contributed by atoms with van der Waals surface area (Å²) in [4.78, 5) is 38.1. The highest BCUT2D eigenvalue weighted by Gasteiger charge is 2.20. The number of anilines is 1. The van der Waals surface area contributed by atoms with Gasteiger partial charge in [-0.05, 0) is 37.3 Å². The van der Waals surface area contributed by atoms with Crippen molar-refractivity contribution in [2.75, 3.05) is 31.7 Å². The van der Waals surface area contributed by atoms with Gasteiger partial charge >= 0.3 is 5.97 Å². The van der Waals surface area contributed by atoms with Gasteiger partial charge in [0.05, 0.1) is 25.0 Å². The molecule has 0 spiro atoms. The van der Waals surface area contributed by atoms with Gasteiger partial charge in [-0.25, -0.2) is 4.79 Å². The standard InChI is InChI=1S/C21H24N2O5/c1-4-28-21(26)18-10-5-6-11-19(18)23(15(2)24)13-12-22-20(25)16-8-7-9-17(14-16)27-3/h5-11,14H,4,12-13H2,1-3H3,(H,22,25). The highest BCUT2D eigenvalue weighted by molar-refractivity contribution is 6.02. The number of benzene rings is 2. The van der Waals surface area contributed by atoms with Gasteiger partial charge < -0.3 is 19.7 Å². The van der Waals surface area contributed by atoms with Gasteiger partial charge in [0.15, 0.2) is 0 Å². The summed E-state index contributed by atoms with van der Waals surface area (Å²) in [6, 6.07) is 13.5. The van der Waals surface area contributed by atoms with E-state index in [1.165, 1.54) is 18.9 Å². The summed E-state index contributed by atoms with van der Waals surface area (Å²) < 4.78 is 10.2. The quantitative estimate of drug-likeness (QED) is 0.708. The molecular formula is C21H24N2O5. The topological polar surface area (TPSA) is 84.9 Å². The van der Waals surface area contributed by atoms with Crippen molar-refractivity contribution in [3.8, 4) is 5.75 Å². The monoisotopic (exact) mass is 384 g/mol. The smallest absolute Gasteiger partial charge is 0.340 e. The molecule has 2 aromatic rings. The van der Waals surface area contributed by atoms with Gasteiger partial charge in [0.25, 0.3) is 5.91 Å². The summed E-state index contributed by atoms with van der Waals surface area (Å²) in [5, 5.41) is 2.77. The third-order valence-corrected chi connectivity index (χ3v) is 4.02. The highest BCUT2D eigenvalue weighted by atomic mass is 16.5. The molecule has 0 unspecified atom stereocenters. The number of nitrogens with zero attached hydrogens (tertiary/aromatic N) is 1. The molecule has 0 aliphatic carbocycles. The Kier molecular flexibility index (Phi) is 7.56. The maximum atomic E-state index is 12.3. The summed E-state index contributed by atoms with van der Waals surface area (Å²) in [6.07, 6.45) is 0. The fourth-order valence-electron chi connectivity index (χ4n) is 2.69. The van der Waals surface area contributed by atoms with E-state index < -0.39 is 5.97 Å². The van der Waals surface area contributed by atoms with Crippen molar-refractivity contribution in [2.45, 2.75) is 13.8 Å². The molecule has 0 bridgehead atoms. The molecular weight excluding hydrogens is 360 g/mol. The van der Waals surface area contributed by atoms with Crippen molar-refractivity contribution in [1.29, 1.82) is 0 Å². The summed E-state index contributed by atoms with van der Waals surface area (Å²) in [6.45, 7) is 3.79. The van der Waals surface area contributed by atoms with Crippen molar-refractivity contribution in [2.24, 2.45) is 0 Å². The molecule has 0 radical (unpaired) electrons. The number of rotatable bonds is 8. The predicted molar refractivity (Wildman–Crippen MR) is 106 cm³/mol. The molecule has 0 heterocycles. The van der Waals surface area contributed by atoms with E-state index in [0.29, 0.717) is 22.6 Å². The number of hydrogen-bond donors (Lipinski definition) is 1. The average Bonchev–Trinajstić information content (AvgIpc) is 2.71. The molecule has 0 aliphatic heterocycles. The van der Waals surface area contributed by atoms with Gasteiger partial charge in [0.1, 0.15) is 5.75 Å². The first kappa shape index (κ1) is 21.0. The Morgan fingerprint density at radius 1 is 1.07 bits per heavy atom. The minimum absolute atomic E-state index is 0.210. The van der Waals surface area contributed by atoms with Crippen molar-refractivity contribution >= 4 is 23.5 Å². The summed E-state index contributed by atoms with van der Waals surface area (Å²) >= 11 is 0. The molecule has 2 amide bonds. The Morgan fingerprint density at radius 3 is 2.50 bits per heavy atom. The van der Waals surface area contributed by atoms with Crippen molar-refractivity contribution in [3.05, 3.63) is 59.7 Å². The lowest BCUT2D eigenvalue weighted by molar-refractivity contribution is -0.116. The molecule has 0 aliphatic rings. The minimum Gasteiger partial charge on any atom is -0.497 e. The number of esters is 1. The number of carbonyl (C=O) groups is 3. The molecule has 7 heteroatoms. The van der Waals surface area contributed by atoms with Gasteiger partial charge in [0.2, 0.25) is 5.91 Å². The van der Waals surface area contributed by atoms with E-state index in [1.807, 2.05) is 0 Å². The van der Waals surface area contributed by atoms with Gasteiger partial charge in [-0.2, -0.15) is 0 Å². The van der Waals surface area contributed by atoms with Gasteiger partial charge in [0, 0.05) is 25.6 Å². The first-order valence-corrected chi connectivity index (χ1v) is 8.94. The van der Waals surface area contributed by atoms with Crippen LogP contribution in [-0.4, -0.2) is 44.6 Å². The Balaban J connectivity index is 2.09. The number of hydrogen-bond acceptors (Lipinski definition) is 5. The molecule has 0 atom stereocenters. The maximum Gasteiger partial charge on any atom is 0.340 e. The molecule has 28 heavy (non-hydrogen) atoms. The molecule has 148 valence electrons. The predicted octanol–water partition coefficient (Wildman–Crippen LogP) is 2.65. The minimum atomic E-state index is -0.496. The molecule has 1 N–H and O–H groups in total. The first-order valence-electron chi connectivity index (χ1n) is 8.94. The Bertz CT molecular complexity index is 850. The number of amides is 2. The second-order valence-corrected chi connectivity index (χ2v) is 5.90. The molecule has 0 saturated carbocycles. The zero-order valence-electron chi connectivity index (χ0n) is 16.2. The van der Waals surface area contributed by atoms with Gasteiger partial charge in [-0.15, -0.1) is 0 Å². The van der Waals surface area contributed by atoms with Crippen LogP contribution in [0.4, 0.5) is 5.69 Å². The fraction of sp³-hybridized carbons (Fsp3) is 0.286. The van der Waals surface area contributed by atoms with Crippen LogP contribution >= 0.6 is 0 Å².